The number of hydrogen-bond acceptors (Lipinski definition) is 5. The summed E-state index contributed by atoms with van der Waals surface area (Å²) in [6.45, 7) is 3.11. The second kappa shape index (κ2) is 7.19. The molecule has 0 saturated heterocycles. The van der Waals surface area contributed by atoms with Crippen LogP contribution in [0.3, 0.4) is 0 Å². The molecule has 1 aliphatic rings. The van der Waals surface area contributed by atoms with Gasteiger partial charge >= 0.3 is 0 Å². The highest BCUT2D eigenvalue weighted by molar-refractivity contribution is 5.19. The minimum atomic E-state index is -0.654. The molecular weight excluding hydrogens is 297 g/mol. The lowest BCUT2D eigenvalue weighted by molar-refractivity contribution is 0.102. The van der Waals surface area contributed by atoms with Gasteiger partial charge in [0.2, 0.25) is 5.89 Å². The van der Waals surface area contributed by atoms with Crippen LogP contribution in [0.5, 0.6) is 0 Å². The number of aryl methyl sites for hydroxylation is 1. The van der Waals surface area contributed by atoms with Crippen LogP contribution in [0, 0.1) is 5.82 Å². The average Bonchev–Trinajstić information content (AvgIpc) is 3.29. The molecule has 1 aliphatic carbocycles. The van der Waals surface area contributed by atoms with E-state index in [9.17, 15) is 9.50 Å². The van der Waals surface area contributed by atoms with Gasteiger partial charge in [-0.2, -0.15) is 4.98 Å². The molecule has 0 amide bonds. The number of halogens is 1. The summed E-state index contributed by atoms with van der Waals surface area (Å²) in [5, 5.41) is 14.4. The van der Waals surface area contributed by atoms with Gasteiger partial charge in [0.05, 0.1) is 12.6 Å². The summed E-state index contributed by atoms with van der Waals surface area (Å²) < 4.78 is 18.2. The standard InChI is InChI=1S/C17H22FN3O2/c1-2-3-17-19-16(20-23-17)11-21(14-8-9-14)10-15(22)12-4-6-13(18)7-5-12/h4-7,14-15,22H,2-3,8-11H2,1H3. The Morgan fingerprint density at radius 2 is 2.09 bits per heavy atom. The molecule has 1 unspecified atom stereocenters. The molecule has 1 aromatic carbocycles. The van der Waals surface area contributed by atoms with Crippen molar-refractivity contribution in [2.75, 3.05) is 6.54 Å². The molecule has 1 saturated carbocycles. The van der Waals surface area contributed by atoms with Gasteiger partial charge in [0.15, 0.2) is 5.82 Å². The molecular formula is C17H22FN3O2. The van der Waals surface area contributed by atoms with E-state index in [1.165, 1.54) is 12.1 Å². The summed E-state index contributed by atoms with van der Waals surface area (Å²) in [5.41, 5.74) is 0.719. The lowest BCUT2D eigenvalue weighted by atomic mass is 10.1. The molecule has 0 bridgehead atoms. The normalized spacial score (nSPS) is 16.0. The van der Waals surface area contributed by atoms with Crippen LogP contribution >= 0.6 is 0 Å². The van der Waals surface area contributed by atoms with Crippen molar-refractivity contribution in [3.63, 3.8) is 0 Å². The fourth-order valence-electron chi connectivity index (χ4n) is 2.65. The fraction of sp³-hybridized carbons (Fsp3) is 0.529. The van der Waals surface area contributed by atoms with Gasteiger partial charge in [-0.25, -0.2) is 4.39 Å². The molecule has 0 aliphatic heterocycles. The zero-order valence-electron chi connectivity index (χ0n) is 13.3. The number of aliphatic hydroxyl groups excluding tert-OH is 1. The Kier molecular flexibility index (Phi) is 5.03. The summed E-state index contributed by atoms with van der Waals surface area (Å²) in [6.07, 6.45) is 3.34. The van der Waals surface area contributed by atoms with Crippen LogP contribution in [0.15, 0.2) is 28.8 Å². The number of hydrogen-bond donors (Lipinski definition) is 1. The van der Waals surface area contributed by atoms with Gasteiger partial charge in [-0.15, -0.1) is 0 Å². The topological polar surface area (TPSA) is 62.4 Å². The number of aliphatic hydroxyl groups is 1. The van der Waals surface area contributed by atoms with Crippen molar-refractivity contribution < 1.29 is 14.0 Å². The maximum atomic E-state index is 13.0. The highest BCUT2D eigenvalue weighted by Crippen LogP contribution is 2.30. The molecule has 6 heteroatoms. The van der Waals surface area contributed by atoms with Crippen LogP contribution in [-0.4, -0.2) is 32.7 Å². The summed E-state index contributed by atoms with van der Waals surface area (Å²) in [5.74, 6) is 1.03. The van der Waals surface area contributed by atoms with E-state index < -0.39 is 6.10 Å². The first kappa shape index (κ1) is 16.1. The van der Waals surface area contributed by atoms with E-state index in [0.29, 0.717) is 30.8 Å². The predicted molar refractivity (Wildman–Crippen MR) is 83.1 cm³/mol. The smallest absolute Gasteiger partial charge is 0.226 e. The van der Waals surface area contributed by atoms with Crippen molar-refractivity contribution in [2.24, 2.45) is 0 Å². The third-order valence-electron chi connectivity index (χ3n) is 4.04. The summed E-state index contributed by atoms with van der Waals surface area (Å²) in [4.78, 5) is 6.57. The van der Waals surface area contributed by atoms with Crippen LogP contribution in [0.25, 0.3) is 0 Å². The lowest BCUT2D eigenvalue weighted by Gasteiger charge is -2.23. The van der Waals surface area contributed by atoms with E-state index in [4.69, 9.17) is 4.52 Å². The third kappa shape index (κ3) is 4.36. The molecule has 5 nitrogen and oxygen atoms in total. The fourth-order valence-corrected chi connectivity index (χ4v) is 2.65. The van der Waals surface area contributed by atoms with E-state index in [0.717, 1.165) is 31.2 Å². The predicted octanol–water partition coefficient (Wildman–Crippen LogP) is 2.86. The summed E-state index contributed by atoms with van der Waals surface area (Å²) in [7, 11) is 0. The molecule has 1 heterocycles. The summed E-state index contributed by atoms with van der Waals surface area (Å²) in [6, 6.07) is 6.45. The summed E-state index contributed by atoms with van der Waals surface area (Å²) >= 11 is 0. The first-order chi connectivity index (χ1) is 11.2. The molecule has 124 valence electrons. The largest absolute Gasteiger partial charge is 0.387 e. The molecule has 1 atom stereocenters. The zero-order chi connectivity index (χ0) is 16.2. The molecule has 1 fully saturated rings. The molecule has 1 aromatic heterocycles. The van der Waals surface area contributed by atoms with Gasteiger partial charge in [0.25, 0.3) is 0 Å². The van der Waals surface area contributed by atoms with Crippen LogP contribution in [0.2, 0.25) is 0 Å². The Balaban J connectivity index is 1.63. The van der Waals surface area contributed by atoms with Crippen LogP contribution < -0.4 is 0 Å². The van der Waals surface area contributed by atoms with Crippen molar-refractivity contribution >= 4 is 0 Å². The number of nitrogens with zero attached hydrogens (tertiary/aromatic N) is 3. The second-order valence-corrected chi connectivity index (χ2v) is 6.08. The Morgan fingerprint density at radius 3 is 2.74 bits per heavy atom. The highest BCUT2D eigenvalue weighted by Gasteiger charge is 2.31. The Morgan fingerprint density at radius 1 is 1.35 bits per heavy atom. The third-order valence-corrected chi connectivity index (χ3v) is 4.04. The molecule has 2 aromatic rings. The van der Waals surface area contributed by atoms with Crippen molar-refractivity contribution in [1.82, 2.24) is 15.0 Å². The maximum absolute atomic E-state index is 13.0. The molecule has 3 rings (SSSR count). The van der Waals surface area contributed by atoms with E-state index in [-0.39, 0.29) is 5.82 Å². The maximum Gasteiger partial charge on any atom is 0.226 e. The van der Waals surface area contributed by atoms with Gasteiger partial charge in [-0.1, -0.05) is 24.2 Å². The first-order valence-corrected chi connectivity index (χ1v) is 8.14. The monoisotopic (exact) mass is 319 g/mol. The number of aromatic nitrogens is 2. The SMILES string of the molecule is CCCc1nc(CN(CC(O)c2ccc(F)cc2)C2CC2)no1. The molecule has 1 N–H and O–H groups in total. The Bertz CT molecular complexity index is 625. The second-order valence-electron chi connectivity index (χ2n) is 6.08. The first-order valence-electron chi connectivity index (χ1n) is 8.14. The Labute approximate surface area is 135 Å². The van der Waals surface area contributed by atoms with Crippen molar-refractivity contribution in [1.29, 1.82) is 0 Å². The van der Waals surface area contributed by atoms with Gasteiger partial charge in [0.1, 0.15) is 5.82 Å². The van der Waals surface area contributed by atoms with Crippen LogP contribution in [0.4, 0.5) is 4.39 Å². The minimum absolute atomic E-state index is 0.296. The van der Waals surface area contributed by atoms with Gasteiger partial charge in [0, 0.05) is 19.0 Å². The van der Waals surface area contributed by atoms with Crippen molar-refractivity contribution in [3.8, 4) is 0 Å². The van der Waals surface area contributed by atoms with Gasteiger partial charge < -0.3 is 9.63 Å². The van der Waals surface area contributed by atoms with E-state index in [1.807, 2.05) is 0 Å². The average molecular weight is 319 g/mol. The van der Waals surface area contributed by atoms with E-state index in [2.05, 4.69) is 22.0 Å². The highest BCUT2D eigenvalue weighted by atomic mass is 19.1. The number of rotatable bonds is 8. The molecule has 23 heavy (non-hydrogen) atoms. The van der Waals surface area contributed by atoms with E-state index >= 15 is 0 Å². The number of benzene rings is 1. The molecule has 0 radical (unpaired) electrons. The van der Waals surface area contributed by atoms with Crippen molar-refractivity contribution in [2.45, 2.75) is 51.3 Å². The van der Waals surface area contributed by atoms with Gasteiger partial charge in [-0.3, -0.25) is 4.90 Å². The molecule has 0 spiro atoms. The van der Waals surface area contributed by atoms with Crippen molar-refractivity contribution in [3.05, 3.63) is 47.4 Å². The van der Waals surface area contributed by atoms with Crippen LogP contribution in [0.1, 0.15) is 49.6 Å². The lowest BCUT2D eigenvalue weighted by Crippen LogP contribution is -2.30. The van der Waals surface area contributed by atoms with E-state index in [1.54, 1.807) is 12.1 Å². The van der Waals surface area contributed by atoms with Gasteiger partial charge in [-0.05, 0) is 37.0 Å². The minimum Gasteiger partial charge on any atom is -0.387 e. The van der Waals surface area contributed by atoms with Crippen LogP contribution in [-0.2, 0) is 13.0 Å². The quantitative estimate of drug-likeness (QED) is 0.810. The Hall–Kier alpha value is -1.79. The zero-order valence-corrected chi connectivity index (χ0v) is 13.3.